The van der Waals surface area contributed by atoms with Gasteiger partial charge in [0.2, 0.25) is 0 Å². The molecule has 260 valence electrons. The number of carbonyl (C=O) groups is 1. The van der Waals surface area contributed by atoms with Crippen LogP contribution in [0.15, 0.2) is 54.6 Å². The highest BCUT2D eigenvalue weighted by atomic mass is 28.4. The Morgan fingerprint density at radius 2 is 1.43 bits per heavy atom. The fourth-order valence-corrected chi connectivity index (χ4v) is 5.16. The molecule has 9 nitrogen and oxygen atoms in total. The second-order valence-electron chi connectivity index (χ2n) is 14.5. The third kappa shape index (κ3) is 13.8. The van der Waals surface area contributed by atoms with Crippen molar-refractivity contribution in [3.05, 3.63) is 65.7 Å². The number of aliphatic hydroxyl groups is 2. The monoisotopic (exact) mass is 662 g/mol. The van der Waals surface area contributed by atoms with E-state index in [1.54, 1.807) is 34.8 Å². The number of hydrogen-bond donors (Lipinski definition) is 2. The van der Waals surface area contributed by atoms with Gasteiger partial charge in [-0.25, -0.2) is 0 Å². The summed E-state index contributed by atoms with van der Waals surface area (Å²) in [7, 11) is -0.532. The topological polar surface area (TPSA) is 113 Å². The smallest absolute Gasteiger partial charge is 0.311 e. The van der Waals surface area contributed by atoms with Crippen LogP contribution in [-0.4, -0.2) is 75.5 Å². The Balaban J connectivity index is 2.09. The molecule has 2 rings (SSSR count). The molecule has 0 saturated heterocycles. The lowest BCUT2D eigenvalue weighted by molar-refractivity contribution is -0.178. The maximum Gasteiger partial charge on any atom is 0.311 e. The van der Waals surface area contributed by atoms with Gasteiger partial charge >= 0.3 is 5.97 Å². The molecular weight excluding hydrogens is 604 g/mol. The molecule has 0 spiro atoms. The largest absolute Gasteiger partial charge is 0.497 e. The lowest BCUT2D eigenvalue weighted by Crippen LogP contribution is -2.46. The minimum absolute atomic E-state index is 0.00502. The number of methoxy groups -OCH3 is 1. The zero-order valence-corrected chi connectivity index (χ0v) is 30.6. The first-order chi connectivity index (χ1) is 21.4. The van der Waals surface area contributed by atoms with Crippen LogP contribution in [0.5, 0.6) is 5.75 Å². The van der Waals surface area contributed by atoms with E-state index in [0.29, 0.717) is 6.61 Å². The van der Waals surface area contributed by atoms with Crippen LogP contribution < -0.4 is 4.74 Å². The van der Waals surface area contributed by atoms with Crippen LogP contribution in [0.25, 0.3) is 0 Å². The summed E-state index contributed by atoms with van der Waals surface area (Å²) < 4.78 is 35.3. The van der Waals surface area contributed by atoms with Crippen LogP contribution in [0.4, 0.5) is 0 Å². The quantitative estimate of drug-likeness (QED) is 0.0740. The predicted octanol–water partition coefficient (Wildman–Crippen LogP) is 6.64. The lowest BCUT2D eigenvalue weighted by Gasteiger charge is -2.38. The molecule has 0 aromatic heterocycles. The number of aliphatic hydroxyl groups excluding tert-OH is 2. The summed E-state index contributed by atoms with van der Waals surface area (Å²) >= 11 is 0. The van der Waals surface area contributed by atoms with Gasteiger partial charge in [0.05, 0.1) is 50.7 Å². The molecule has 0 radical (unpaired) electrons. The van der Waals surface area contributed by atoms with Crippen molar-refractivity contribution in [1.82, 2.24) is 0 Å². The maximum absolute atomic E-state index is 12.8. The normalized spacial score (nSPS) is 15.9. The Bertz CT molecular complexity index is 1140. The van der Waals surface area contributed by atoms with Gasteiger partial charge in [-0.3, -0.25) is 4.79 Å². The second kappa shape index (κ2) is 18.3. The highest BCUT2D eigenvalue weighted by Crippen LogP contribution is 2.37. The van der Waals surface area contributed by atoms with Crippen LogP contribution in [0, 0.1) is 5.41 Å². The molecule has 2 aromatic rings. The summed E-state index contributed by atoms with van der Waals surface area (Å²) in [5, 5.41) is 22.5. The van der Waals surface area contributed by atoms with Gasteiger partial charge in [-0.1, -0.05) is 63.2 Å². The first kappa shape index (κ1) is 39.9. The Hall–Kier alpha value is -2.31. The van der Waals surface area contributed by atoms with Crippen LogP contribution >= 0.6 is 0 Å². The fraction of sp³-hybridized carbons (Fsp3) is 0.639. The number of esters is 1. The molecule has 2 aromatic carbocycles. The van der Waals surface area contributed by atoms with Gasteiger partial charge in [0.15, 0.2) is 8.32 Å². The molecule has 0 bridgehead atoms. The van der Waals surface area contributed by atoms with E-state index in [0.717, 1.165) is 16.9 Å². The molecule has 10 heteroatoms. The average molecular weight is 663 g/mol. The molecule has 0 amide bonds. The molecule has 5 atom stereocenters. The van der Waals surface area contributed by atoms with Gasteiger partial charge in [0, 0.05) is 12.8 Å². The summed E-state index contributed by atoms with van der Waals surface area (Å²) in [6.45, 7) is 18.7. The Labute approximate surface area is 277 Å². The number of hydrogen-bond acceptors (Lipinski definition) is 9. The summed E-state index contributed by atoms with van der Waals surface area (Å²) in [5.74, 6) is 0.335. The van der Waals surface area contributed by atoms with Crippen molar-refractivity contribution >= 4 is 14.3 Å². The van der Waals surface area contributed by atoms with Crippen molar-refractivity contribution in [2.75, 3.05) is 20.5 Å². The van der Waals surface area contributed by atoms with Crippen molar-refractivity contribution < 1.29 is 43.1 Å². The van der Waals surface area contributed by atoms with E-state index in [1.165, 1.54) is 0 Å². The highest BCUT2D eigenvalue weighted by Gasteiger charge is 2.39. The molecule has 0 fully saturated rings. The van der Waals surface area contributed by atoms with E-state index in [1.807, 2.05) is 54.6 Å². The zero-order chi connectivity index (χ0) is 34.5. The summed E-state index contributed by atoms with van der Waals surface area (Å²) in [6, 6.07) is 17.3. The van der Waals surface area contributed by atoms with E-state index in [2.05, 4.69) is 33.9 Å². The molecule has 46 heavy (non-hydrogen) atoms. The second-order valence-corrected chi connectivity index (χ2v) is 19.3. The predicted molar refractivity (Wildman–Crippen MR) is 182 cm³/mol. The van der Waals surface area contributed by atoms with Crippen molar-refractivity contribution in [2.24, 2.45) is 5.41 Å². The third-order valence-corrected chi connectivity index (χ3v) is 12.9. The van der Waals surface area contributed by atoms with Gasteiger partial charge in [-0.05, 0) is 69.1 Å². The molecule has 0 aliphatic rings. The maximum atomic E-state index is 12.8. The molecular formula is C36H58O9Si. The first-order valence-corrected chi connectivity index (χ1v) is 19.0. The summed E-state index contributed by atoms with van der Waals surface area (Å²) in [6.07, 6.45) is -4.02. The minimum atomic E-state index is -2.15. The minimum Gasteiger partial charge on any atom is -0.497 e. The van der Waals surface area contributed by atoms with Crippen molar-refractivity contribution in [1.29, 1.82) is 0 Å². The third-order valence-electron chi connectivity index (χ3n) is 8.41. The van der Waals surface area contributed by atoms with Crippen molar-refractivity contribution in [3.63, 3.8) is 0 Å². The lowest BCUT2D eigenvalue weighted by atomic mass is 9.96. The van der Waals surface area contributed by atoms with E-state index >= 15 is 0 Å². The molecule has 0 heterocycles. The van der Waals surface area contributed by atoms with Gasteiger partial charge in [0.25, 0.3) is 0 Å². The van der Waals surface area contributed by atoms with Gasteiger partial charge in [-0.15, -0.1) is 0 Å². The molecule has 0 aliphatic heterocycles. The Morgan fingerprint density at radius 3 is 2.00 bits per heavy atom. The highest BCUT2D eigenvalue weighted by molar-refractivity contribution is 6.74. The summed E-state index contributed by atoms with van der Waals surface area (Å²) in [4.78, 5) is 12.8. The van der Waals surface area contributed by atoms with E-state index in [-0.39, 0.29) is 37.9 Å². The SMILES string of the molecule is COc1ccc(CO[C@H](CO[Si](C)(C)C(C)(C)C)[C@H](O)C[C@H](O)C[C@@H](OC(=O)C(C)(C)C)[C@@H](C)OCOCc2ccccc2)cc1. The zero-order valence-electron chi connectivity index (χ0n) is 29.6. The van der Waals surface area contributed by atoms with Crippen LogP contribution in [0.2, 0.25) is 18.1 Å². The standard InChI is InChI=1S/C36H58O9Si/c1-26(43-25-41-22-27-14-12-11-13-15-27)32(45-34(39)35(2,3)4)21-29(37)20-31(38)33(24-44-46(9,10)36(5,6)7)42-23-28-16-18-30(40-8)19-17-28/h11-19,26,29,31-33,37-38H,20-25H2,1-10H3/t26-,29+,31-,32-,33-/m1/s1. The molecule has 0 aliphatic carbocycles. The molecule has 0 unspecified atom stereocenters. The van der Waals surface area contributed by atoms with Crippen LogP contribution in [-0.2, 0) is 41.4 Å². The Morgan fingerprint density at radius 1 is 0.826 bits per heavy atom. The first-order valence-electron chi connectivity index (χ1n) is 16.1. The number of ether oxygens (including phenoxy) is 5. The average Bonchev–Trinajstić information content (AvgIpc) is 2.98. The number of rotatable bonds is 19. The van der Waals surface area contributed by atoms with Crippen LogP contribution in [0.1, 0.15) is 72.4 Å². The van der Waals surface area contributed by atoms with Gasteiger partial charge in [-0.2, -0.15) is 0 Å². The van der Waals surface area contributed by atoms with E-state index in [9.17, 15) is 15.0 Å². The molecule has 2 N–H and O–H groups in total. The summed E-state index contributed by atoms with van der Waals surface area (Å²) in [5.41, 5.74) is 1.19. The molecule has 0 saturated carbocycles. The van der Waals surface area contributed by atoms with Gasteiger partial charge in [0.1, 0.15) is 24.8 Å². The fourth-order valence-electron chi connectivity index (χ4n) is 4.14. The van der Waals surface area contributed by atoms with Crippen molar-refractivity contribution in [2.45, 2.75) is 123 Å². The number of benzene rings is 2. The van der Waals surface area contributed by atoms with Crippen molar-refractivity contribution in [3.8, 4) is 5.75 Å². The van der Waals surface area contributed by atoms with Gasteiger partial charge < -0.3 is 38.3 Å². The van der Waals surface area contributed by atoms with E-state index < -0.39 is 50.2 Å². The van der Waals surface area contributed by atoms with Crippen LogP contribution in [0.3, 0.4) is 0 Å². The number of carbonyl (C=O) groups excluding carboxylic acids is 1. The van der Waals surface area contributed by atoms with E-state index in [4.69, 9.17) is 28.1 Å². The Kier molecular flexibility index (Phi) is 15.8.